The van der Waals surface area contributed by atoms with E-state index in [1.54, 1.807) is 27.6 Å². The number of ether oxygens (including phenoxy) is 8. The van der Waals surface area contributed by atoms with Gasteiger partial charge < -0.3 is 37.9 Å². The van der Waals surface area contributed by atoms with Gasteiger partial charge in [0, 0.05) is 53.0 Å². The molecule has 0 rings (SSSR count). The fourth-order valence-electron chi connectivity index (χ4n) is 6.39. The molecule has 0 aliphatic rings. The van der Waals surface area contributed by atoms with Crippen LogP contribution in [0.5, 0.6) is 0 Å². The van der Waals surface area contributed by atoms with Crippen molar-refractivity contribution in [2.75, 3.05) is 54.4 Å². The van der Waals surface area contributed by atoms with Crippen LogP contribution in [0.2, 0.25) is 0 Å². The summed E-state index contributed by atoms with van der Waals surface area (Å²) in [5.74, 6) is -1.42. The van der Waals surface area contributed by atoms with E-state index in [9.17, 15) is 0 Å². The van der Waals surface area contributed by atoms with Crippen molar-refractivity contribution in [2.45, 2.75) is 182 Å². The van der Waals surface area contributed by atoms with Crippen molar-refractivity contribution in [2.24, 2.45) is 11.8 Å². The smallest absolute Gasteiger partial charge is 0.285 e. The molecular weight excluding hydrogens is 632 g/mol. The minimum Gasteiger partial charge on any atom is -0.502 e. The topological polar surface area (TPSA) is 73.8 Å². The first-order chi connectivity index (χ1) is 24.4. The number of unbranched alkanes of at least 4 members (excludes halogenated alkanes) is 10. The first-order valence-electron chi connectivity index (χ1n) is 20.5. The molecule has 0 aliphatic heterocycles. The van der Waals surface area contributed by atoms with Crippen molar-refractivity contribution in [3.63, 3.8) is 0 Å². The summed E-state index contributed by atoms with van der Waals surface area (Å²) >= 11 is 0. The second kappa shape index (κ2) is 37.6. The lowest BCUT2D eigenvalue weighted by molar-refractivity contribution is -0.403. The van der Waals surface area contributed by atoms with E-state index >= 15 is 0 Å². The van der Waals surface area contributed by atoms with E-state index in [2.05, 4.69) is 20.8 Å². The van der Waals surface area contributed by atoms with Crippen molar-refractivity contribution in [1.29, 1.82) is 0 Å². The maximum absolute atomic E-state index is 6.06. The van der Waals surface area contributed by atoms with Gasteiger partial charge in [0.1, 0.15) is 0 Å². The summed E-state index contributed by atoms with van der Waals surface area (Å²) in [5, 5.41) is 0. The molecule has 0 aliphatic carbocycles. The lowest BCUT2D eigenvalue weighted by atomic mass is 9.93. The third kappa shape index (κ3) is 24.9. The highest BCUT2D eigenvalue weighted by Gasteiger charge is 2.41. The summed E-state index contributed by atoms with van der Waals surface area (Å²) in [7, 11) is 4.95. The third-order valence-corrected chi connectivity index (χ3v) is 8.99. The van der Waals surface area contributed by atoms with Crippen molar-refractivity contribution in [3.05, 3.63) is 24.7 Å². The van der Waals surface area contributed by atoms with Crippen molar-refractivity contribution in [1.82, 2.24) is 0 Å². The molecule has 50 heavy (non-hydrogen) atoms. The monoisotopic (exact) mass is 717 g/mol. The largest absolute Gasteiger partial charge is 0.502 e. The van der Waals surface area contributed by atoms with Crippen LogP contribution >= 0.6 is 0 Å². The predicted octanol–water partition coefficient (Wildman–Crippen LogP) is 12.1. The van der Waals surface area contributed by atoms with E-state index in [0.717, 1.165) is 51.6 Å². The molecular formula is C42H84O8. The minimum atomic E-state index is -0.940. The highest BCUT2D eigenvalue weighted by molar-refractivity contribution is 4.75. The van der Waals surface area contributed by atoms with Crippen LogP contribution in [0, 0.1) is 11.8 Å². The van der Waals surface area contributed by atoms with Gasteiger partial charge in [-0.25, -0.2) is 0 Å². The summed E-state index contributed by atoms with van der Waals surface area (Å²) < 4.78 is 45.9. The normalized spacial score (nSPS) is 13.5. The maximum atomic E-state index is 6.06. The molecule has 0 saturated carbocycles. The first kappa shape index (κ1) is 50.9. The van der Waals surface area contributed by atoms with Gasteiger partial charge in [-0.15, -0.1) is 0 Å². The van der Waals surface area contributed by atoms with E-state index in [1.807, 2.05) is 46.1 Å². The van der Waals surface area contributed by atoms with Gasteiger partial charge in [0.25, 0.3) is 11.9 Å². The number of hydrogen-bond donors (Lipinski definition) is 0. The van der Waals surface area contributed by atoms with Crippen LogP contribution in [0.15, 0.2) is 24.7 Å². The fraction of sp³-hybridized carbons (Fsp3) is 0.905. The molecule has 0 radical (unpaired) electrons. The molecule has 0 aromatic heterocycles. The summed E-state index contributed by atoms with van der Waals surface area (Å²) in [6.07, 6.45) is 29.9. The zero-order valence-corrected chi connectivity index (χ0v) is 34.7. The Bertz CT molecular complexity index is 699. The Labute approximate surface area is 310 Å². The van der Waals surface area contributed by atoms with Crippen LogP contribution in [0.3, 0.4) is 0 Å². The Morgan fingerprint density at radius 1 is 0.460 bits per heavy atom. The van der Waals surface area contributed by atoms with Gasteiger partial charge in [0.15, 0.2) is 0 Å². The SMILES string of the molecule is CC=COCCCC(CCCCCCCC)C(OC)(OC)OC.CCC=COCCCC(CCCCCCCC)C(OCC)(OCC)OCC. The molecule has 0 heterocycles. The fourth-order valence-corrected chi connectivity index (χ4v) is 6.39. The van der Waals surface area contributed by atoms with Gasteiger partial charge in [0.2, 0.25) is 0 Å². The Hall–Kier alpha value is -1.16. The molecule has 0 spiro atoms. The predicted molar refractivity (Wildman–Crippen MR) is 209 cm³/mol. The Morgan fingerprint density at radius 2 is 0.840 bits per heavy atom. The van der Waals surface area contributed by atoms with Gasteiger partial charge in [-0.2, -0.15) is 0 Å². The number of rotatable bonds is 36. The van der Waals surface area contributed by atoms with Crippen LogP contribution in [-0.4, -0.2) is 66.3 Å². The van der Waals surface area contributed by atoms with Gasteiger partial charge in [-0.3, -0.25) is 0 Å². The van der Waals surface area contributed by atoms with Crippen LogP contribution in [0.1, 0.15) is 170 Å². The highest BCUT2D eigenvalue weighted by Crippen LogP contribution is 2.34. The van der Waals surface area contributed by atoms with Crippen molar-refractivity contribution >= 4 is 0 Å². The quantitative estimate of drug-likeness (QED) is 0.0360. The molecule has 0 amide bonds. The summed E-state index contributed by atoms with van der Waals surface area (Å²) in [4.78, 5) is 0. The number of methoxy groups -OCH3 is 3. The standard InChI is InChI=1S/C23H46O4.C19H38O4/c1-6-11-13-14-15-16-18-22(19-17-21-24-20-12-7-2)23(25-8-3,26-9-4)27-10-5;1-6-8-9-10-11-12-14-18(15-13-17-23-16-7-2)19(20-3,21-4)22-5/h12,20,22H,6-11,13-19,21H2,1-5H3;7,16,18H,6,8-15,17H2,1-5H3. The van der Waals surface area contributed by atoms with Crippen LogP contribution in [0.25, 0.3) is 0 Å². The average Bonchev–Trinajstić information content (AvgIpc) is 3.12. The summed E-state index contributed by atoms with van der Waals surface area (Å²) in [6, 6.07) is 0. The molecule has 2 unspecified atom stereocenters. The molecule has 8 heteroatoms. The first-order valence-corrected chi connectivity index (χ1v) is 20.5. The zero-order chi connectivity index (χ0) is 37.6. The molecule has 0 N–H and O–H groups in total. The van der Waals surface area contributed by atoms with Crippen LogP contribution in [-0.2, 0) is 37.9 Å². The van der Waals surface area contributed by atoms with Crippen molar-refractivity contribution in [3.8, 4) is 0 Å². The van der Waals surface area contributed by atoms with Crippen molar-refractivity contribution < 1.29 is 37.9 Å². The van der Waals surface area contributed by atoms with E-state index in [0.29, 0.717) is 26.4 Å². The molecule has 0 saturated heterocycles. The number of hydrogen-bond acceptors (Lipinski definition) is 8. The highest BCUT2D eigenvalue weighted by atomic mass is 16.9. The maximum Gasteiger partial charge on any atom is 0.285 e. The molecule has 0 bridgehead atoms. The summed E-state index contributed by atoms with van der Waals surface area (Å²) in [5.41, 5.74) is 0. The molecule has 8 nitrogen and oxygen atoms in total. The molecule has 300 valence electrons. The van der Waals surface area contributed by atoms with Gasteiger partial charge in [0.05, 0.1) is 25.7 Å². The Balaban J connectivity index is 0. The number of allylic oxidation sites excluding steroid dienone is 2. The minimum absolute atomic E-state index is 0.211. The molecule has 0 aromatic carbocycles. The average molecular weight is 717 g/mol. The Morgan fingerprint density at radius 3 is 1.22 bits per heavy atom. The van der Waals surface area contributed by atoms with Crippen LogP contribution in [0.4, 0.5) is 0 Å². The zero-order valence-electron chi connectivity index (χ0n) is 34.7. The van der Waals surface area contributed by atoms with Gasteiger partial charge in [-0.05, 0) is 72.6 Å². The molecule has 0 aromatic rings. The van der Waals surface area contributed by atoms with Gasteiger partial charge >= 0.3 is 0 Å². The molecule has 0 fully saturated rings. The van der Waals surface area contributed by atoms with Gasteiger partial charge in [-0.1, -0.05) is 110 Å². The summed E-state index contributed by atoms with van der Waals surface area (Å²) in [6.45, 7) is 17.8. The van der Waals surface area contributed by atoms with Crippen LogP contribution < -0.4 is 0 Å². The van der Waals surface area contributed by atoms with E-state index in [-0.39, 0.29) is 11.8 Å². The lowest BCUT2D eigenvalue weighted by Gasteiger charge is -2.39. The van der Waals surface area contributed by atoms with E-state index < -0.39 is 11.9 Å². The Kier molecular flexibility index (Phi) is 38.3. The van der Waals surface area contributed by atoms with E-state index in [4.69, 9.17) is 37.9 Å². The third-order valence-electron chi connectivity index (χ3n) is 8.99. The van der Waals surface area contributed by atoms with E-state index in [1.165, 1.54) is 77.0 Å². The second-order valence-corrected chi connectivity index (χ2v) is 12.9. The second-order valence-electron chi connectivity index (χ2n) is 12.9. The molecule has 2 atom stereocenters. The lowest BCUT2D eigenvalue weighted by Crippen LogP contribution is -2.47.